The van der Waals surface area contributed by atoms with Gasteiger partial charge in [-0.25, -0.2) is 0 Å². The molecule has 6 nitrogen and oxygen atoms in total. The SMILES string of the molecule is Cc1ccccc1N1C(=O)c2ccccc2N2C(=O)C(=O)C(C(=O)c3ccccc3)=C12. The molecule has 150 valence electrons. The van der Waals surface area contributed by atoms with Crippen LogP contribution in [-0.4, -0.2) is 23.4 Å². The average molecular weight is 408 g/mol. The first kappa shape index (κ1) is 18.7. The Kier molecular flexibility index (Phi) is 4.15. The standard InChI is InChI=1S/C25H16N2O4/c1-15-9-5-7-13-18(15)26-23-20(21(28)16-10-3-2-4-11-16)22(29)25(31)27(23)19-14-8-6-12-17(19)24(26)30/h2-14H,1H3. The molecule has 3 aromatic rings. The Balaban J connectivity index is 1.84. The van der Waals surface area contributed by atoms with Gasteiger partial charge in [-0.15, -0.1) is 0 Å². The van der Waals surface area contributed by atoms with Gasteiger partial charge in [0.25, 0.3) is 11.7 Å². The van der Waals surface area contributed by atoms with E-state index in [1.54, 1.807) is 66.7 Å². The second-order valence-electron chi connectivity index (χ2n) is 7.31. The summed E-state index contributed by atoms with van der Waals surface area (Å²) in [5.74, 6) is -2.79. The van der Waals surface area contributed by atoms with Crippen molar-refractivity contribution in [3.8, 4) is 0 Å². The van der Waals surface area contributed by atoms with Crippen LogP contribution in [0.1, 0.15) is 26.3 Å². The van der Waals surface area contributed by atoms with Crippen LogP contribution in [0.15, 0.2) is 90.3 Å². The molecule has 0 N–H and O–H groups in total. The van der Waals surface area contributed by atoms with Crippen molar-refractivity contribution in [3.63, 3.8) is 0 Å². The van der Waals surface area contributed by atoms with Gasteiger partial charge in [0, 0.05) is 5.56 Å². The fraction of sp³-hybridized carbons (Fsp3) is 0.0400. The number of carbonyl (C=O) groups is 4. The molecule has 0 bridgehead atoms. The van der Waals surface area contributed by atoms with Gasteiger partial charge in [0.1, 0.15) is 11.4 Å². The van der Waals surface area contributed by atoms with Crippen LogP contribution in [0.4, 0.5) is 11.4 Å². The Morgan fingerprint density at radius 1 is 0.677 bits per heavy atom. The Labute approximate surface area is 178 Å². The number of nitrogens with zero attached hydrogens (tertiary/aromatic N) is 2. The van der Waals surface area contributed by atoms with Crippen LogP contribution in [-0.2, 0) is 9.59 Å². The Morgan fingerprint density at radius 2 is 1.26 bits per heavy atom. The van der Waals surface area contributed by atoms with Crippen molar-refractivity contribution in [2.24, 2.45) is 0 Å². The van der Waals surface area contributed by atoms with Crippen LogP contribution in [0.25, 0.3) is 0 Å². The van der Waals surface area contributed by atoms with Gasteiger partial charge in [-0.3, -0.25) is 29.0 Å². The molecular weight excluding hydrogens is 392 g/mol. The van der Waals surface area contributed by atoms with E-state index >= 15 is 0 Å². The molecule has 2 heterocycles. The van der Waals surface area contributed by atoms with E-state index < -0.39 is 23.4 Å². The smallest absolute Gasteiger partial charge is 0.288 e. The quantitative estimate of drug-likeness (QED) is 0.377. The molecule has 0 aromatic heterocycles. The van der Waals surface area contributed by atoms with Gasteiger partial charge in [-0.05, 0) is 30.7 Å². The molecule has 0 saturated heterocycles. The lowest BCUT2D eigenvalue weighted by Gasteiger charge is -2.36. The molecule has 31 heavy (non-hydrogen) atoms. The molecule has 0 saturated carbocycles. The number of para-hydroxylation sites is 2. The molecule has 2 aliphatic rings. The molecule has 2 aliphatic heterocycles. The number of fused-ring (bicyclic) bond motifs is 3. The molecule has 0 radical (unpaired) electrons. The van der Waals surface area contributed by atoms with Gasteiger partial charge in [-0.1, -0.05) is 60.7 Å². The number of Topliss-reactive ketones (excluding diaryl/α,β-unsaturated/α-hetero) is 2. The summed E-state index contributed by atoms with van der Waals surface area (Å²) in [6.07, 6.45) is 0. The van der Waals surface area contributed by atoms with Gasteiger partial charge in [-0.2, -0.15) is 0 Å². The minimum Gasteiger partial charge on any atom is -0.288 e. The molecule has 0 atom stereocenters. The summed E-state index contributed by atoms with van der Waals surface area (Å²) in [4.78, 5) is 55.5. The van der Waals surface area contributed by atoms with Crippen LogP contribution < -0.4 is 9.80 Å². The van der Waals surface area contributed by atoms with Gasteiger partial charge in [0.2, 0.25) is 5.78 Å². The number of anilines is 2. The maximum Gasteiger partial charge on any atom is 0.305 e. The third-order valence-electron chi connectivity index (χ3n) is 5.47. The maximum absolute atomic E-state index is 13.6. The highest BCUT2D eigenvalue weighted by molar-refractivity contribution is 6.58. The largest absolute Gasteiger partial charge is 0.305 e. The topological polar surface area (TPSA) is 74.8 Å². The van der Waals surface area contributed by atoms with E-state index in [0.29, 0.717) is 11.4 Å². The monoisotopic (exact) mass is 408 g/mol. The van der Waals surface area contributed by atoms with E-state index in [4.69, 9.17) is 0 Å². The Bertz CT molecular complexity index is 1320. The highest BCUT2D eigenvalue weighted by Crippen LogP contribution is 2.42. The second kappa shape index (κ2) is 6.88. The van der Waals surface area contributed by atoms with E-state index in [9.17, 15) is 19.2 Å². The lowest BCUT2D eigenvalue weighted by atomic mass is 10.00. The van der Waals surface area contributed by atoms with Crippen molar-refractivity contribution < 1.29 is 19.2 Å². The highest BCUT2D eigenvalue weighted by Gasteiger charge is 2.50. The van der Waals surface area contributed by atoms with Gasteiger partial charge in [0.15, 0.2) is 0 Å². The van der Waals surface area contributed by atoms with E-state index in [0.717, 1.165) is 5.56 Å². The minimum atomic E-state index is -0.924. The fourth-order valence-corrected chi connectivity index (χ4v) is 4.00. The van der Waals surface area contributed by atoms with Crippen molar-refractivity contribution in [2.75, 3.05) is 9.80 Å². The van der Waals surface area contributed by atoms with Crippen LogP contribution in [0.2, 0.25) is 0 Å². The zero-order chi connectivity index (χ0) is 21.7. The molecule has 6 heteroatoms. The first-order valence-electron chi connectivity index (χ1n) is 9.72. The van der Waals surface area contributed by atoms with Crippen molar-refractivity contribution in [2.45, 2.75) is 6.92 Å². The first-order chi connectivity index (χ1) is 15.0. The highest BCUT2D eigenvalue weighted by atomic mass is 16.2. The number of rotatable bonds is 3. The summed E-state index contributed by atoms with van der Waals surface area (Å²) in [5, 5.41) is 0. The summed E-state index contributed by atoms with van der Waals surface area (Å²) < 4.78 is 0. The molecule has 3 aromatic carbocycles. The number of carbonyl (C=O) groups excluding carboxylic acids is 4. The molecule has 5 rings (SSSR count). The number of amides is 2. The van der Waals surface area contributed by atoms with Crippen LogP contribution >= 0.6 is 0 Å². The van der Waals surface area contributed by atoms with Crippen LogP contribution in [0.3, 0.4) is 0 Å². The number of aryl methyl sites for hydroxylation is 1. The van der Waals surface area contributed by atoms with E-state index in [1.807, 2.05) is 19.1 Å². The average Bonchev–Trinajstić information content (AvgIpc) is 3.06. The summed E-state index contributed by atoms with van der Waals surface area (Å²) in [5.41, 5.74) is 1.81. The number of hydrogen-bond acceptors (Lipinski definition) is 4. The fourth-order valence-electron chi connectivity index (χ4n) is 4.00. The van der Waals surface area contributed by atoms with Crippen LogP contribution in [0, 0.1) is 6.92 Å². The van der Waals surface area contributed by atoms with Crippen LogP contribution in [0.5, 0.6) is 0 Å². The number of ketones is 2. The Hall–Kier alpha value is -4.32. The maximum atomic E-state index is 13.6. The first-order valence-corrected chi connectivity index (χ1v) is 9.72. The predicted molar refractivity (Wildman–Crippen MR) is 115 cm³/mol. The third kappa shape index (κ3) is 2.65. The third-order valence-corrected chi connectivity index (χ3v) is 5.47. The molecular formula is C25H16N2O4. The van der Waals surface area contributed by atoms with Crippen molar-refractivity contribution in [1.82, 2.24) is 0 Å². The lowest BCUT2D eigenvalue weighted by Crippen LogP contribution is -2.45. The van der Waals surface area contributed by atoms with Gasteiger partial charge in [0.05, 0.1) is 16.9 Å². The normalized spacial score (nSPS) is 15.3. The van der Waals surface area contributed by atoms with Crippen molar-refractivity contribution in [1.29, 1.82) is 0 Å². The van der Waals surface area contributed by atoms with E-state index in [2.05, 4.69) is 0 Å². The zero-order valence-electron chi connectivity index (χ0n) is 16.5. The molecule has 0 aliphatic carbocycles. The van der Waals surface area contributed by atoms with E-state index in [-0.39, 0.29) is 22.5 Å². The molecule has 0 fully saturated rings. The summed E-state index contributed by atoms with van der Waals surface area (Å²) in [7, 11) is 0. The van der Waals surface area contributed by atoms with Gasteiger partial charge >= 0.3 is 5.91 Å². The number of hydrogen-bond donors (Lipinski definition) is 0. The van der Waals surface area contributed by atoms with E-state index in [1.165, 1.54) is 9.80 Å². The van der Waals surface area contributed by atoms with Gasteiger partial charge < -0.3 is 0 Å². The second-order valence-corrected chi connectivity index (χ2v) is 7.31. The molecule has 2 amide bonds. The molecule has 0 spiro atoms. The summed E-state index contributed by atoms with van der Waals surface area (Å²) in [6.45, 7) is 1.82. The zero-order valence-corrected chi connectivity index (χ0v) is 16.5. The predicted octanol–water partition coefficient (Wildman–Crippen LogP) is 3.67. The number of benzene rings is 3. The summed E-state index contributed by atoms with van der Waals surface area (Å²) in [6, 6.07) is 22.0. The van der Waals surface area contributed by atoms with Crippen molar-refractivity contribution >= 4 is 34.8 Å². The van der Waals surface area contributed by atoms with Crippen molar-refractivity contribution in [3.05, 3.63) is 107 Å². The minimum absolute atomic E-state index is 0.0122. The summed E-state index contributed by atoms with van der Waals surface area (Å²) >= 11 is 0. The molecule has 0 unspecified atom stereocenters. The Morgan fingerprint density at radius 3 is 1.97 bits per heavy atom. The lowest BCUT2D eigenvalue weighted by molar-refractivity contribution is -0.132.